The van der Waals surface area contributed by atoms with Crippen LogP contribution in [0.25, 0.3) is 0 Å². The van der Waals surface area contributed by atoms with E-state index in [2.05, 4.69) is 29.7 Å². The second kappa shape index (κ2) is 7.69. The Bertz CT molecular complexity index is 844. The molecule has 2 amide bonds. The lowest BCUT2D eigenvalue weighted by atomic mass is 10.0. The quantitative estimate of drug-likeness (QED) is 0.502. The Morgan fingerprint density at radius 1 is 1.04 bits per heavy atom. The molecule has 0 fully saturated rings. The average molecular weight is 353 g/mol. The lowest BCUT2D eigenvalue weighted by molar-refractivity contribution is -0.136. The largest absolute Gasteiger partial charge is 0.454 e. The van der Waals surface area contributed by atoms with Gasteiger partial charge in [0.05, 0.1) is 6.21 Å². The number of hydrogen-bond acceptors (Lipinski definition) is 5. The fraction of sp³-hybridized carbons (Fsp3) is 0.211. The predicted octanol–water partition coefficient (Wildman–Crippen LogP) is 2.63. The van der Waals surface area contributed by atoms with Crippen LogP contribution in [0.1, 0.15) is 30.9 Å². The predicted molar refractivity (Wildman–Crippen MR) is 97.5 cm³/mol. The van der Waals surface area contributed by atoms with E-state index < -0.39 is 11.8 Å². The minimum absolute atomic E-state index is 0.139. The Balaban J connectivity index is 1.53. The van der Waals surface area contributed by atoms with Gasteiger partial charge >= 0.3 is 11.8 Å². The van der Waals surface area contributed by atoms with E-state index in [-0.39, 0.29) is 6.79 Å². The van der Waals surface area contributed by atoms with Crippen molar-refractivity contribution in [3.8, 4) is 11.5 Å². The highest BCUT2D eigenvalue weighted by Crippen LogP contribution is 2.34. The smallest absolute Gasteiger partial charge is 0.329 e. The number of amides is 2. The molecule has 1 heterocycles. The van der Waals surface area contributed by atoms with Crippen LogP contribution >= 0.6 is 0 Å². The van der Waals surface area contributed by atoms with Crippen LogP contribution in [0.4, 0.5) is 5.69 Å². The summed E-state index contributed by atoms with van der Waals surface area (Å²) in [5.41, 5.74) is 4.68. The van der Waals surface area contributed by atoms with Crippen LogP contribution in [-0.4, -0.2) is 24.8 Å². The maximum absolute atomic E-state index is 11.9. The molecule has 134 valence electrons. The van der Waals surface area contributed by atoms with Crippen molar-refractivity contribution in [3.63, 3.8) is 0 Å². The number of carbonyl (C=O) groups excluding carboxylic acids is 2. The molecule has 0 saturated heterocycles. The molecule has 0 radical (unpaired) electrons. The third-order valence-corrected chi connectivity index (χ3v) is 3.82. The molecule has 2 aromatic rings. The number of nitrogens with zero attached hydrogens (tertiary/aromatic N) is 1. The van der Waals surface area contributed by atoms with E-state index in [1.165, 1.54) is 11.8 Å². The molecule has 2 aromatic carbocycles. The first-order chi connectivity index (χ1) is 12.5. The zero-order valence-electron chi connectivity index (χ0n) is 14.5. The second-order valence-corrected chi connectivity index (χ2v) is 6.04. The summed E-state index contributed by atoms with van der Waals surface area (Å²) in [5.74, 6) is -0.124. The zero-order valence-corrected chi connectivity index (χ0v) is 14.5. The van der Waals surface area contributed by atoms with Gasteiger partial charge in [0, 0.05) is 11.8 Å². The van der Waals surface area contributed by atoms with Gasteiger partial charge < -0.3 is 14.8 Å². The summed E-state index contributed by atoms with van der Waals surface area (Å²) in [6, 6.07) is 12.7. The second-order valence-electron chi connectivity index (χ2n) is 6.04. The minimum Gasteiger partial charge on any atom is -0.454 e. The van der Waals surface area contributed by atoms with Crippen molar-refractivity contribution >= 4 is 23.7 Å². The summed E-state index contributed by atoms with van der Waals surface area (Å²) < 4.78 is 10.4. The molecular weight excluding hydrogens is 334 g/mol. The normalized spacial score (nSPS) is 12.4. The van der Waals surface area contributed by atoms with Gasteiger partial charge in [-0.1, -0.05) is 38.1 Å². The van der Waals surface area contributed by atoms with Gasteiger partial charge in [-0.2, -0.15) is 5.10 Å². The molecule has 0 saturated carbocycles. The number of ether oxygens (including phenoxy) is 2. The average Bonchev–Trinajstić information content (AvgIpc) is 3.09. The highest BCUT2D eigenvalue weighted by molar-refractivity contribution is 6.39. The first-order valence-electron chi connectivity index (χ1n) is 8.17. The van der Waals surface area contributed by atoms with Crippen molar-refractivity contribution in [2.24, 2.45) is 5.10 Å². The number of hydrazone groups is 1. The highest BCUT2D eigenvalue weighted by atomic mass is 16.7. The number of anilines is 1. The molecule has 0 unspecified atom stereocenters. The van der Waals surface area contributed by atoms with Gasteiger partial charge in [0.25, 0.3) is 0 Å². The molecular formula is C19H19N3O4. The molecule has 0 spiro atoms. The Morgan fingerprint density at radius 2 is 1.77 bits per heavy atom. The topological polar surface area (TPSA) is 89.0 Å². The third-order valence-electron chi connectivity index (χ3n) is 3.82. The van der Waals surface area contributed by atoms with Crippen LogP contribution in [0.2, 0.25) is 0 Å². The molecule has 7 nitrogen and oxygen atoms in total. The molecule has 7 heteroatoms. The molecule has 2 N–H and O–H groups in total. The molecule has 0 atom stereocenters. The van der Waals surface area contributed by atoms with Crippen LogP contribution in [0.5, 0.6) is 11.5 Å². The van der Waals surface area contributed by atoms with Gasteiger partial charge in [-0.15, -0.1) is 0 Å². The monoisotopic (exact) mass is 353 g/mol. The molecule has 26 heavy (non-hydrogen) atoms. The molecule has 0 aromatic heterocycles. The van der Waals surface area contributed by atoms with Gasteiger partial charge in [0.15, 0.2) is 11.5 Å². The van der Waals surface area contributed by atoms with E-state index >= 15 is 0 Å². The number of carbonyl (C=O) groups is 2. The van der Waals surface area contributed by atoms with Gasteiger partial charge in [0.1, 0.15) is 0 Å². The number of rotatable bonds is 4. The lowest BCUT2D eigenvalue weighted by Crippen LogP contribution is -2.32. The Morgan fingerprint density at radius 3 is 2.50 bits per heavy atom. The summed E-state index contributed by atoms with van der Waals surface area (Å²) in [5, 5.41) is 6.29. The van der Waals surface area contributed by atoms with Gasteiger partial charge in [0.2, 0.25) is 6.79 Å². The van der Waals surface area contributed by atoms with E-state index in [0.29, 0.717) is 23.1 Å². The molecule has 1 aliphatic rings. The van der Waals surface area contributed by atoms with E-state index in [0.717, 1.165) is 5.56 Å². The Hall–Kier alpha value is -3.35. The third kappa shape index (κ3) is 4.18. The van der Waals surface area contributed by atoms with Crippen LogP contribution < -0.4 is 20.2 Å². The summed E-state index contributed by atoms with van der Waals surface area (Å²) in [7, 11) is 0. The fourth-order valence-corrected chi connectivity index (χ4v) is 2.35. The van der Waals surface area contributed by atoms with Crippen molar-refractivity contribution in [1.82, 2.24) is 5.43 Å². The first-order valence-corrected chi connectivity index (χ1v) is 8.17. The van der Waals surface area contributed by atoms with Gasteiger partial charge in [-0.3, -0.25) is 9.59 Å². The molecule has 3 rings (SSSR count). The van der Waals surface area contributed by atoms with E-state index in [9.17, 15) is 9.59 Å². The number of nitrogens with one attached hydrogen (secondary N) is 2. The van der Waals surface area contributed by atoms with Crippen molar-refractivity contribution in [2.45, 2.75) is 19.8 Å². The summed E-state index contributed by atoms with van der Waals surface area (Å²) >= 11 is 0. The van der Waals surface area contributed by atoms with Crippen molar-refractivity contribution in [2.75, 3.05) is 12.1 Å². The van der Waals surface area contributed by atoms with Crippen molar-refractivity contribution < 1.29 is 19.1 Å². The molecule has 1 aliphatic heterocycles. The van der Waals surface area contributed by atoms with Gasteiger partial charge in [-0.05, 0) is 29.2 Å². The highest BCUT2D eigenvalue weighted by Gasteiger charge is 2.17. The van der Waals surface area contributed by atoms with Crippen LogP contribution in [0, 0.1) is 0 Å². The molecule has 0 aliphatic carbocycles. The van der Waals surface area contributed by atoms with Crippen molar-refractivity contribution in [3.05, 3.63) is 53.6 Å². The number of fused-ring (bicyclic) bond motifs is 1. The Kier molecular flexibility index (Phi) is 5.17. The van der Waals surface area contributed by atoms with E-state index in [1.807, 2.05) is 24.3 Å². The first kappa shape index (κ1) is 17.5. The fourth-order valence-electron chi connectivity index (χ4n) is 2.35. The summed E-state index contributed by atoms with van der Waals surface area (Å²) in [4.78, 5) is 23.7. The van der Waals surface area contributed by atoms with E-state index in [4.69, 9.17) is 9.47 Å². The Labute approximate surface area is 151 Å². The SMILES string of the molecule is CC(C)c1ccc(/C=N\NC(=O)C(=O)Nc2ccc3c(c2)OCO3)cc1. The summed E-state index contributed by atoms with van der Waals surface area (Å²) in [6.45, 7) is 4.37. The van der Waals surface area contributed by atoms with Crippen molar-refractivity contribution in [1.29, 1.82) is 0 Å². The maximum atomic E-state index is 11.9. The minimum atomic E-state index is -0.863. The zero-order chi connectivity index (χ0) is 18.5. The standard InChI is InChI=1S/C19H19N3O4/c1-12(2)14-5-3-13(4-6-14)10-20-22-19(24)18(23)21-15-7-8-16-17(9-15)26-11-25-16/h3-10,12H,11H2,1-2H3,(H,21,23)(H,22,24)/b20-10-. The van der Waals surface area contributed by atoms with Crippen LogP contribution in [-0.2, 0) is 9.59 Å². The molecule has 0 bridgehead atoms. The maximum Gasteiger partial charge on any atom is 0.329 e. The lowest BCUT2D eigenvalue weighted by Gasteiger charge is -2.05. The number of hydrogen-bond donors (Lipinski definition) is 2. The summed E-state index contributed by atoms with van der Waals surface area (Å²) in [6.07, 6.45) is 1.48. The van der Waals surface area contributed by atoms with Crippen LogP contribution in [0.3, 0.4) is 0 Å². The van der Waals surface area contributed by atoms with Crippen LogP contribution in [0.15, 0.2) is 47.6 Å². The van der Waals surface area contributed by atoms with E-state index in [1.54, 1.807) is 18.2 Å². The van der Waals surface area contributed by atoms with Gasteiger partial charge in [-0.25, -0.2) is 5.43 Å². The number of benzene rings is 2.